The fourth-order valence-corrected chi connectivity index (χ4v) is 3.84. The lowest BCUT2D eigenvalue weighted by molar-refractivity contribution is -0.142. The van der Waals surface area contributed by atoms with Gasteiger partial charge in [0, 0.05) is 24.5 Å². The molecule has 2 amide bonds. The predicted molar refractivity (Wildman–Crippen MR) is 141 cm³/mol. The number of halogens is 1. The topological polar surface area (TPSA) is 58.6 Å². The van der Waals surface area contributed by atoms with Gasteiger partial charge in [0.25, 0.3) is 5.91 Å². The number of benzene rings is 3. The average Bonchev–Trinajstić information content (AvgIpc) is 2.87. The molecule has 0 aliphatic carbocycles. The fraction of sp³-hybridized carbons (Fsp3) is 0.310. The van der Waals surface area contributed by atoms with Gasteiger partial charge in [0.1, 0.15) is 11.8 Å². The summed E-state index contributed by atoms with van der Waals surface area (Å²) in [5, 5.41) is 3.62. The van der Waals surface area contributed by atoms with Gasteiger partial charge >= 0.3 is 0 Å². The fourth-order valence-electron chi connectivity index (χ4n) is 3.71. The molecule has 0 aromatic heterocycles. The molecule has 0 fully saturated rings. The number of hydrogen-bond acceptors (Lipinski definition) is 3. The number of rotatable bonds is 12. The van der Waals surface area contributed by atoms with E-state index in [0.29, 0.717) is 30.3 Å². The number of aryl methyl sites for hydroxylation is 1. The lowest BCUT2D eigenvalue weighted by atomic mass is 10.0. The number of unbranched alkanes of at least 4 members (excludes halogenated alkanes) is 1. The maximum Gasteiger partial charge on any atom is 0.261 e. The largest absolute Gasteiger partial charge is 0.484 e. The van der Waals surface area contributed by atoms with Crippen molar-refractivity contribution >= 4 is 23.4 Å². The monoisotopic (exact) mass is 492 g/mol. The molecule has 3 rings (SSSR count). The smallest absolute Gasteiger partial charge is 0.261 e. The van der Waals surface area contributed by atoms with Crippen molar-refractivity contribution in [3.05, 3.63) is 101 Å². The number of ether oxygens (including phenoxy) is 1. The standard InChI is InChI=1S/C29H33ClN2O3/c1-3-4-18-31-29(34)27(19-23-8-6-5-7-9-23)32(20-24-12-10-22(2)11-13-24)28(33)21-35-26-16-14-25(30)15-17-26/h5-17,27H,3-4,18-21H2,1-2H3,(H,31,34). The average molecular weight is 493 g/mol. The predicted octanol–water partition coefficient (Wildman–Crippen LogP) is 5.58. The van der Waals surface area contributed by atoms with Crippen molar-refractivity contribution in [3.63, 3.8) is 0 Å². The molecule has 5 nitrogen and oxygen atoms in total. The van der Waals surface area contributed by atoms with Crippen LogP contribution in [0.1, 0.15) is 36.5 Å². The Bertz CT molecular complexity index is 1070. The van der Waals surface area contributed by atoms with E-state index in [0.717, 1.165) is 29.5 Å². The molecule has 0 aliphatic rings. The first kappa shape index (κ1) is 26.3. The summed E-state index contributed by atoms with van der Waals surface area (Å²) in [7, 11) is 0. The van der Waals surface area contributed by atoms with E-state index >= 15 is 0 Å². The molecule has 0 aliphatic heterocycles. The lowest BCUT2D eigenvalue weighted by Crippen LogP contribution is -2.51. The van der Waals surface area contributed by atoms with Crippen LogP contribution in [0.5, 0.6) is 5.75 Å². The second kappa shape index (κ2) is 13.5. The Hall–Kier alpha value is -3.31. The SMILES string of the molecule is CCCCNC(=O)C(Cc1ccccc1)N(Cc1ccc(C)cc1)C(=O)COc1ccc(Cl)cc1. The number of hydrogen-bond donors (Lipinski definition) is 1. The zero-order valence-electron chi connectivity index (χ0n) is 20.4. The van der Waals surface area contributed by atoms with Gasteiger partial charge in [-0.1, -0.05) is 85.1 Å². The van der Waals surface area contributed by atoms with Crippen molar-refractivity contribution in [1.29, 1.82) is 0 Å². The number of carbonyl (C=O) groups is 2. The van der Waals surface area contributed by atoms with E-state index in [-0.39, 0.29) is 18.4 Å². The molecule has 1 N–H and O–H groups in total. The van der Waals surface area contributed by atoms with Crippen LogP contribution in [0.25, 0.3) is 0 Å². The molecule has 3 aromatic rings. The summed E-state index contributed by atoms with van der Waals surface area (Å²) < 4.78 is 5.76. The molecule has 0 heterocycles. The molecule has 1 unspecified atom stereocenters. The highest BCUT2D eigenvalue weighted by molar-refractivity contribution is 6.30. The maximum atomic E-state index is 13.5. The molecular formula is C29H33ClN2O3. The summed E-state index contributed by atoms with van der Waals surface area (Å²) in [5.41, 5.74) is 3.08. The van der Waals surface area contributed by atoms with Crippen molar-refractivity contribution in [3.8, 4) is 5.75 Å². The molecule has 0 saturated heterocycles. The van der Waals surface area contributed by atoms with Crippen LogP contribution >= 0.6 is 11.6 Å². The van der Waals surface area contributed by atoms with Crippen LogP contribution in [0.4, 0.5) is 0 Å². The third kappa shape index (κ3) is 8.45. The van der Waals surface area contributed by atoms with Gasteiger partial charge in [-0.15, -0.1) is 0 Å². The number of nitrogens with zero attached hydrogens (tertiary/aromatic N) is 1. The molecule has 0 radical (unpaired) electrons. The first-order valence-electron chi connectivity index (χ1n) is 12.0. The Morgan fingerprint density at radius 3 is 2.29 bits per heavy atom. The summed E-state index contributed by atoms with van der Waals surface area (Å²) in [6.07, 6.45) is 2.28. The Kier molecular flexibility index (Phi) is 10.2. The van der Waals surface area contributed by atoms with Gasteiger partial charge in [0.15, 0.2) is 6.61 Å². The Labute approximate surface area is 213 Å². The summed E-state index contributed by atoms with van der Waals surface area (Å²) in [6, 6.07) is 24.0. The van der Waals surface area contributed by atoms with Crippen molar-refractivity contribution < 1.29 is 14.3 Å². The minimum atomic E-state index is -0.670. The zero-order valence-corrected chi connectivity index (χ0v) is 21.1. The van der Waals surface area contributed by atoms with Crippen LogP contribution < -0.4 is 10.1 Å². The van der Waals surface area contributed by atoms with E-state index < -0.39 is 6.04 Å². The molecule has 1 atom stereocenters. The third-order valence-corrected chi connectivity index (χ3v) is 6.00. The van der Waals surface area contributed by atoms with Crippen LogP contribution in [0.2, 0.25) is 5.02 Å². The molecule has 0 bridgehead atoms. The number of amides is 2. The minimum absolute atomic E-state index is 0.158. The van der Waals surface area contributed by atoms with Crippen LogP contribution in [0.3, 0.4) is 0 Å². The van der Waals surface area contributed by atoms with Crippen molar-refractivity contribution in [1.82, 2.24) is 10.2 Å². The quantitative estimate of drug-likeness (QED) is 0.335. The molecule has 35 heavy (non-hydrogen) atoms. The minimum Gasteiger partial charge on any atom is -0.484 e. The summed E-state index contributed by atoms with van der Waals surface area (Å²) in [5.74, 6) is 0.131. The Balaban J connectivity index is 1.86. The molecule has 0 saturated carbocycles. The number of nitrogens with one attached hydrogen (secondary N) is 1. The van der Waals surface area contributed by atoms with E-state index in [4.69, 9.17) is 16.3 Å². The summed E-state index contributed by atoms with van der Waals surface area (Å²) in [6.45, 7) is 4.80. The van der Waals surface area contributed by atoms with Gasteiger partial charge in [-0.3, -0.25) is 9.59 Å². The number of carbonyl (C=O) groups excluding carboxylic acids is 2. The second-order valence-electron chi connectivity index (χ2n) is 8.60. The molecular weight excluding hydrogens is 460 g/mol. The van der Waals surface area contributed by atoms with Crippen molar-refractivity contribution in [2.24, 2.45) is 0 Å². The lowest BCUT2D eigenvalue weighted by Gasteiger charge is -2.31. The zero-order chi connectivity index (χ0) is 25.0. The van der Waals surface area contributed by atoms with E-state index in [2.05, 4.69) is 12.2 Å². The summed E-state index contributed by atoms with van der Waals surface area (Å²) in [4.78, 5) is 28.5. The van der Waals surface area contributed by atoms with Crippen LogP contribution in [-0.4, -0.2) is 35.9 Å². The normalized spacial score (nSPS) is 11.5. The van der Waals surface area contributed by atoms with Gasteiger partial charge < -0.3 is 15.0 Å². The Morgan fingerprint density at radius 1 is 0.943 bits per heavy atom. The molecule has 0 spiro atoms. The van der Waals surface area contributed by atoms with Crippen LogP contribution in [0, 0.1) is 6.92 Å². The van der Waals surface area contributed by atoms with E-state index in [1.54, 1.807) is 29.2 Å². The van der Waals surface area contributed by atoms with E-state index in [1.165, 1.54) is 0 Å². The summed E-state index contributed by atoms with van der Waals surface area (Å²) >= 11 is 5.96. The second-order valence-corrected chi connectivity index (χ2v) is 9.04. The van der Waals surface area contributed by atoms with Gasteiger partial charge in [-0.2, -0.15) is 0 Å². The van der Waals surface area contributed by atoms with E-state index in [1.807, 2.05) is 61.5 Å². The van der Waals surface area contributed by atoms with Crippen LogP contribution in [-0.2, 0) is 22.6 Å². The van der Waals surface area contributed by atoms with Crippen LogP contribution in [0.15, 0.2) is 78.9 Å². The molecule has 184 valence electrons. The first-order chi connectivity index (χ1) is 17.0. The van der Waals surface area contributed by atoms with Crippen molar-refractivity contribution in [2.45, 2.75) is 45.7 Å². The highest BCUT2D eigenvalue weighted by atomic mass is 35.5. The Morgan fingerprint density at radius 2 is 1.63 bits per heavy atom. The van der Waals surface area contributed by atoms with E-state index in [9.17, 15) is 9.59 Å². The van der Waals surface area contributed by atoms with Gasteiger partial charge in [-0.25, -0.2) is 0 Å². The first-order valence-corrected chi connectivity index (χ1v) is 12.4. The maximum absolute atomic E-state index is 13.5. The van der Waals surface area contributed by atoms with Gasteiger partial charge in [0.2, 0.25) is 5.91 Å². The van der Waals surface area contributed by atoms with Gasteiger partial charge in [-0.05, 0) is 48.7 Å². The molecule has 6 heteroatoms. The third-order valence-electron chi connectivity index (χ3n) is 5.75. The highest BCUT2D eigenvalue weighted by Gasteiger charge is 2.30. The highest BCUT2D eigenvalue weighted by Crippen LogP contribution is 2.18. The molecule has 3 aromatic carbocycles. The van der Waals surface area contributed by atoms with Crippen molar-refractivity contribution in [2.75, 3.05) is 13.2 Å². The van der Waals surface area contributed by atoms with Gasteiger partial charge in [0.05, 0.1) is 0 Å².